The van der Waals surface area contributed by atoms with E-state index in [4.69, 9.17) is 4.74 Å². The molecule has 0 aromatic heterocycles. The summed E-state index contributed by atoms with van der Waals surface area (Å²) in [5.41, 5.74) is 1.97. The lowest BCUT2D eigenvalue weighted by atomic mass is 9.97. The standard InChI is InChI=1S/C20H30N2O3/c1-15-6-7-17(25-15)8-9-20(24)21-18-4-2-3-5-19(18)22-12-10-16(14-23)11-13-22/h2-5,15-17,23H,6-14H2,1H3,(H,21,24)/t15-,17-/m0/s1. The number of rotatable bonds is 6. The third-order valence-corrected chi connectivity index (χ3v) is 5.40. The number of piperidine rings is 1. The summed E-state index contributed by atoms with van der Waals surface area (Å²) in [6.07, 6.45) is 6.00. The van der Waals surface area contributed by atoms with Crippen molar-refractivity contribution in [2.24, 2.45) is 5.92 Å². The Morgan fingerprint density at radius 3 is 2.68 bits per heavy atom. The van der Waals surface area contributed by atoms with Crippen LogP contribution in [0.5, 0.6) is 0 Å². The van der Waals surface area contributed by atoms with Crippen LogP contribution in [0.3, 0.4) is 0 Å². The molecule has 0 saturated carbocycles. The molecule has 2 fully saturated rings. The summed E-state index contributed by atoms with van der Waals surface area (Å²) in [6, 6.07) is 8.01. The molecule has 2 atom stereocenters. The van der Waals surface area contributed by atoms with Gasteiger partial charge in [0.15, 0.2) is 0 Å². The summed E-state index contributed by atoms with van der Waals surface area (Å²) >= 11 is 0. The summed E-state index contributed by atoms with van der Waals surface area (Å²) in [6.45, 7) is 4.21. The van der Waals surface area contributed by atoms with E-state index < -0.39 is 0 Å². The number of aliphatic hydroxyl groups is 1. The average Bonchev–Trinajstić information content (AvgIpc) is 3.06. The van der Waals surface area contributed by atoms with Crippen LogP contribution in [0.4, 0.5) is 11.4 Å². The number of carbonyl (C=O) groups is 1. The molecule has 2 aliphatic heterocycles. The molecule has 0 aliphatic carbocycles. The van der Waals surface area contributed by atoms with Crippen molar-refractivity contribution in [3.63, 3.8) is 0 Å². The van der Waals surface area contributed by atoms with Gasteiger partial charge >= 0.3 is 0 Å². The predicted molar refractivity (Wildman–Crippen MR) is 99.9 cm³/mol. The van der Waals surface area contributed by atoms with Crippen molar-refractivity contribution in [1.82, 2.24) is 0 Å². The lowest BCUT2D eigenvalue weighted by molar-refractivity contribution is -0.116. The zero-order valence-corrected chi connectivity index (χ0v) is 15.1. The second-order valence-electron chi connectivity index (χ2n) is 7.36. The van der Waals surface area contributed by atoms with Gasteiger partial charge in [0.25, 0.3) is 0 Å². The number of carbonyl (C=O) groups excluding carboxylic acids is 1. The number of nitrogens with one attached hydrogen (secondary N) is 1. The molecule has 138 valence electrons. The SMILES string of the molecule is C[C@H]1CC[C@@H](CCC(=O)Nc2ccccc2N2CCC(CO)CC2)O1. The molecule has 0 bridgehead atoms. The fourth-order valence-corrected chi connectivity index (χ4v) is 3.81. The number of benzene rings is 1. The quantitative estimate of drug-likeness (QED) is 0.830. The van der Waals surface area contributed by atoms with Gasteiger partial charge in [-0.15, -0.1) is 0 Å². The molecular formula is C20H30N2O3. The maximum atomic E-state index is 12.4. The van der Waals surface area contributed by atoms with Gasteiger partial charge in [-0.25, -0.2) is 0 Å². The van der Waals surface area contributed by atoms with Gasteiger partial charge < -0.3 is 20.1 Å². The third kappa shape index (κ3) is 4.95. The summed E-state index contributed by atoms with van der Waals surface area (Å²) in [5.74, 6) is 0.465. The van der Waals surface area contributed by atoms with Crippen LogP contribution < -0.4 is 10.2 Å². The van der Waals surface area contributed by atoms with Gasteiger partial charge in [0.05, 0.1) is 23.6 Å². The molecule has 1 amide bonds. The van der Waals surface area contributed by atoms with E-state index in [-0.39, 0.29) is 18.6 Å². The normalized spacial score (nSPS) is 24.5. The molecule has 2 heterocycles. The molecule has 3 rings (SSSR count). The van der Waals surface area contributed by atoms with Crippen molar-refractivity contribution in [1.29, 1.82) is 0 Å². The molecule has 1 aromatic carbocycles. The number of ether oxygens (including phenoxy) is 1. The van der Waals surface area contributed by atoms with E-state index in [0.29, 0.717) is 18.4 Å². The molecule has 0 spiro atoms. The monoisotopic (exact) mass is 346 g/mol. The highest BCUT2D eigenvalue weighted by Gasteiger charge is 2.23. The molecule has 0 unspecified atom stereocenters. The van der Waals surface area contributed by atoms with E-state index in [9.17, 15) is 9.90 Å². The highest BCUT2D eigenvalue weighted by atomic mass is 16.5. The van der Waals surface area contributed by atoms with Gasteiger partial charge in [0, 0.05) is 26.1 Å². The number of aliphatic hydroxyl groups excluding tert-OH is 1. The molecule has 2 saturated heterocycles. The Morgan fingerprint density at radius 2 is 2.00 bits per heavy atom. The largest absolute Gasteiger partial charge is 0.396 e. The fraction of sp³-hybridized carbons (Fsp3) is 0.650. The second kappa shape index (κ2) is 8.68. The van der Waals surface area contributed by atoms with E-state index in [1.165, 1.54) is 0 Å². The maximum absolute atomic E-state index is 12.4. The van der Waals surface area contributed by atoms with E-state index in [0.717, 1.165) is 56.6 Å². The first kappa shape index (κ1) is 18.2. The maximum Gasteiger partial charge on any atom is 0.224 e. The molecule has 1 aromatic rings. The minimum atomic E-state index is 0.0563. The second-order valence-corrected chi connectivity index (χ2v) is 7.36. The van der Waals surface area contributed by atoms with Crippen molar-refractivity contribution >= 4 is 17.3 Å². The molecule has 2 N–H and O–H groups in total. The van der Waals surface area contributed by atoms with Crippen molar-refractivity contribution < 1.29 is 14.6 Å². The van der Waals surface area contributed by atoms with Crippen LogP contribution in [0, 0.1) is 5.92 Å². The summed E-state index contributed by atoms with van der Waals surface area (Å²) in [4.78, 5) is 14.7. The molecule has 2 aliphatic rings. The van der Waals surface area contributed by atoms with Crippen LogP contribution >= 0.6 is 0 Å². The Kier molecular flexibility index (Phi) is 6.32. The van der Waals surface area contributed by atoms with Crippen molar-refractivity contribution in [2.75, 3.05) is 29.9 Å². The Morgan fingerprint density at radius 1 is 1.24 bits per heavy atom. The van der Waals surface area contributed by atoms with E-state index in [2.05, 4.69) is 23.2 Å². The zero-order chi connectivity index (χ0) is 17.6. The first-order valence-corrected chi connectivity index (χ1v) is 9.56. The van der Waals surface area contributed by atoms with E-state index in [1.807, 2.05) is 18.2 Å². The van der Waals surface area contributed by atoms with Gasteiger partial charge in [0.1, 0.15) is 0 Å². The van der Waals surface area contributed by atoms with E-state index in [1.54, 1.807) is 0 Å². The van der Waals surface area contributed by atoms with Crippen molar-refractivity contribution in [3.05, 3.63) is 24.3 Å². The lowest BCUT2D eigenvalue weighted by Gasteiger charge is -2.34. The third-order valence-electron chi connectivity index (χ3n) is 5.40. The van der Waals surface area contributed by atoms with Crippen molar-refractivity contribution in [3.8, 4) is 0 Å². The summed E-state index contributed by atoms with van der Waals surface area (Å²) in [5, 5.41) is 12.4. The summed E-state index contributed by atoms with van der Waals surface area (Å²) < 4.78 is 5.79. The minimum absolute atomic E-state index is 0.0563. The average molecular weight is 346 g/mol. The van der Waals surface area contributed by atoms with Gasteiger partial charge in [-0.2, -0.15) is 0 Å². The Balaban J connectivity index is 1.54. The van der Waals surface area contributed by atoms with Crippen LogP contribution in [0.1, 0.15) is 45.4 Å². The Labute approximate surface area is 150 Å². The minimum Gasteiger partial charge on any atom is -0.396 e. The highest BCUT2D eigenvalue weighted by molar-refractivity contribution is 5.94. The number of hydrogen-bond acceptors (Lipinski definition) is 4. The van der Waals surface area contributed by atoms with Gasteiger partial charge in [0.2, 0.25) is 5.91 Å². The number of anilines is 2. The van der Waals surface area contributed by atoms with E-state index >= 15 is 0 Å². The first-order valence-electron chi connectivity index (χ1n) is 9.56. The molecule has 5 nitrogen and oxygen atoms in total. The van der Waals surface area contributed by atoms with Gasteiger partial charge in [-0.1, -0.05) is 12.1 Å². The lowest BCUT2D eigenvalue weighted by Crippen LogP contribution is -2.35. The first-order chi connectivity index (χ1) is 12.2. The molecule has 25 heavy (non-hydrogen) atoms. The van der Waals surface area contributed by atoms with Crippen LogP contribution in [0.25, 0.3) is 0 Å². The molecule has 5 heteroatoms. The molecular weight excluding hydrogens is 316 g/mol. The van der Waals surface area contributed by atoms with Crippen LogP contribution in [0.2, 0.25) is 0 Å². The predicted octanol–water partition coefficient (Wildman–Crippen LogP) is 3.18. The summed E-state index contributed by atoms with van der Waals surface area (Å²) in [7, 11) is 0. The number of nitrogens with zero attached hydrogens (tertiary/aromatic N) is 1. The fourth-order valence-electron chi connectivity index (χ4n) is 3.81. The zero-order valence-electron chi connectivity index (χ0n) is 15.1. The highest BCUT2D eigenvalue weighted by Crippen LogP contribution is 2.30. The number of amides is 1. The van der Waals surface area contributed by atoms with Crippen LogP contribution in [-0.2, 0) is 9.53 Å². The van der Waals surface area contributed by atoms with Crippen LogP contribution in [-0.4, -0.2) is 42.9 Å². The van der Waals surface area contributed by atoms with Gasteiger partial charge in [-0.05, 0) is 57.1 Å². The number of hydrogen-bond donors (Lipinski definition) is 2. The topological polar surface area (TPSA) is 61.8 Å². The van der Waals surface area contributed by atoms with Crippen molar-refractivity contribution in [2.45, 2.75) is 57.7 Å². The number of para-hydroxylation sites is 2. The van der Waals surface area contributed by atoms with Gasteiger partial charge in [-0.3, -0.25) is 4.79 Å². The molecule has 0 radical (unpaired) electrons. The Bertz CT molecular complexity index is 570. The Hall–Kier alpha value is -1.59. The van der Waals surface area contributed by atoms with Crippen LogP contribution in [0.15, 0.2) is 24.3 Å². The smallest absolute Gasteiger partial charge is 0.224 e.